The molecule has 2 aliphatic rings. The van der Waals surface area contributed by atoms with Crippen LogP contribution in [-0.2, 0) is 14.3 Å². The number of benzene rings is 1. The van der Waals surface area contributed by atoms with Gasteiger partial charge in [-0.3, -0.25) is 30.7 Å². The van der Waals surface area contributed by atoms with E-state index >= 15 is 4.39 Å². The zero-order valence-corrected chi connectivity index (χ0v) is 20.0. The average Bonchev–Trinajstić information content (AvgIpc) is 3.06. The lowest BCUT2D eigenvalue weighted by Gasteiger charge is -2.24. The summed E-state index contributed by atoms with van der Waals surface area (Å²) in [6, 6.07) is 4.25. The highest BCUT2D eigenvalue weighted by atomic mass is 19.3. The number of halogens is 3. The summed E-state index contributed by atoms with van der Waals surface area (Å²) in [5, 5.41) is 6.44. The minimum absolute atomic E-state index is 0.0337. The summed E-state index contributed by atoms with van der Waals surface area (Å²) in [7, 11) is 0. The lowest BCUT2D eigenvalue weighted by Crippen LogP contribution is -2.54. The fraction of sp³-hybridized carbons (Fsp3) is 0.476. The number of carbonyl (C=O) groups excluding carboxylic acids is 3. The van der Waals surface area contributed by atoms with Crippen molar-refractivity contribution in [1.82, 2.24) is 26.5 Å². The number of carbonyl (C=O) groups is 3. The first-order valence-corrected chi connectivity index (χ1v) is 11.5. The summed E-state index contributed by atoms with van der Waals surface area (Å²) in [5.74, 6) is 2.96. The average molecular weight is 531 g/mol. The molecule has 1 aromatic rings. The highest BCUT2D eigenvalue weighted by Crippen LogP contribution is 2.28. The van der Waals surface area contributed by atoms with Gasteiger partial charge in [0, 0.05) is 19.6 Å². The molecule has 0 aromatic heterocycles. The van der Waals surface area contributed by atoms with Crippen molar-refractivity contribution in [1.29, 1.82) is 0 Å². The molecular formula is C21H31F3N9O4+. The van der Waals surface area contributed by atoms with Gasteiger partial charge >= 0.3 is 12.5 Å². The number of ether oxygens (including phenoxy) is 1. The third-order valence-corrected chi connectivity index (χ3v) is 5.65. The Morgan fingerprint density at radius 3 is 2.76 bits per heavy atom. The number of hydrazine groups is 2. The van der Waals surface area contributed by atoms with Crippen LogP contribution < -0.4 is 42.9 Å². The van der Waals surface area contributed by atoms with E-state index in [1.54, 1.807) is 11.0 Å². The van der Waals surface area contributed by atoms with Crippen molar-refractivity contribution in [2.24, 2.45) is 5.84 Å². The van der Waals surface area contributed by atoms with Gasteiger partial charge in [0.25, 0.3) is 11.8 Å². The van der Waals surface area contributed by atoms with Gasteiger partial charge in [0.2, 0.25) is 0 Å². The third-order valence-electron chi connectivity index (χ3n) is 5.65. The molecule has 13 nitrogen and oxygen atoms in total. The topological polar surface area (TPSA) is 172 Å². The van der Waals surface area contributed by atoms with Crippen LogP contribution in [0.3, 0.4) is 0 Å². The van der Waals surface area contributed by atoms with Crippen LogP contribution in [0.5, 0.6) is 0 Å². The van der Waals surface area contributed by atoms with Gasteiger partial charge in [0.15, 0.2) is 0 Å². The normalized spacial score (nSPS) is 18.6. The number of quaternary nitrogens is 1. The lowest BCUT2D eigenvalue weighted by molar-refractivity contribution is -0.305. The van der Waals surface area contributed by atoms with Crippen molar-refractivity contribution < 1.29 is 38.0 Å². The number of nitrogens with two attached hydrogens (primary N) is 1. The first-order valence-electron chi connectivity index (χ1n) is 11.5. The van der Waals surface area contributed by atoms with Crippen LogP contribution >= 0.6 is 0 Å². The summed E-state index contributed by atoms with van der Waals surface area (Å²) < 4.78 is 44.8. The number of hydrogen-bond acceptors (Lipinski definition) is 9. The van der Waals surface area contributed by atoms with E-state index in [1.165, 1.54) is 28.2 Å². The number of alkyl halides is 2. The summed E-state index contributed by atoms with van der Waals surface area (Å²) >= 11 is 0. The molecule has 3 rings (SSSR count). The Morgan fingerprint density at radius 2 is 2.05 bits per heavy atom. The highest BCUT2D eigenvalue weighted by Gasteiger charge is 2.33. The van der Waals surface area contributed by atoms with Crippen LogP contribution in [0, 0.1) is 5.82 Å². The molecule has 0 spiro atoms. The largest absolute Gasteiger partial charge is 0.442 e. The van der Waals surface area contributed by atoms with E-state index in [-0.39, 0.29) is 31.2 Å². The second kappa shape index (κ2) is 13.1. The Labute approximate surface area is 210 Å². The molecule has 2 fully saturated rings. The first-order chi connectivity index (χ1) is 17.7. The molecule has 37 heavy (non-hydrogen) atoms. The van der Waals surface area contributed by atoms with Crippen molar-refractivity contribution >= 4 is 29.3 Å². The summed E-state index contributed by atoms with van der Waals surface area (Å²) in [5.41, 5.74) is 10.4. The third kappa shape index (κ3) is 7.69. The Hall–Kier alpha value is -3.60. The van der Waals surface area contributed by atoms with Crippen molar-refractivity contribution in [2.45, 2.75) is 12.5 Å². The zero-order valence-electron chi connectivity index (χ0n) is 20.0. The molecule has 1 aromatic carbocycles. The quantitative estimate of drug-likeness (QED) is 0.145. The number of anilines is 2. The maximum atomic E-state index is 15.1. The Balaban J connectivity index is 1.54. The fourth-order valence-corrected chi connectivity index (χ4v) is 3.83. The second-order valence-corrected chi connectivity index (χ2v) is 8.31. The molecule has 2 saturated heterocycles. The van der Waals surface area contributed by atoms with Gasteiger partial charge in [-0.1, -0.05) is 0 Å². The van der Waals surface area contributed by atoms with Crippen LogP contribution in [0.15, 0.2) is 30.1 Å². The van der Waals surface area contributed by atoms with Crippen LogP contribution in [0.25, 0.3) is 0 Å². The molecule has 2 heterocycles. The van der Waals surface area contributed by atoms with E-state index < -0.39 is 30.3 Å². The predicted molar refractivity (Wildman–Crippen MR) is 126 cm³/mol. The van der Waals surface area contributed by atoms with Gasteiger partial charge in [0.1, 0.15) is 17.6 Å². The van der Waals surface area contributed by atoms with Crippen LogP contribution in [0.1, 0.15) is 0 Å². The van der Waals surface area contributed by atoms with Crippen molar-refractivity contribution in [2.75, 3.05) is 62.2 Å². The molecule has 0 saturated carbocycles. The molecule has 1 atom stereocenters. The maximum absolute atomic E-state index is 15.1. The molecule has 0 bridgehead atoms. The Bertz CT molecular complexity index is 1010. The van der Waals surface area contributed by atoms with Gasteiger partial charge in [-0.05, 0) is 18.2 Å². The number of rotatable bonds is 10. The minimum Gasteiger partial charge on any atom is -0.442 e. The molecule has 2 aliphatic heterocycles. The molecule has 9 N–H and O–H groups in total. The molecule has 16 heteroatoms. The molecule has 204 valence electrons. The van der Waals surface area contributed by atoms with E-state index in [9.17, 15) is 23.2 Å². The lowest BCUT2D eigenvalue weighted by atomic mass is 10.2. The smallest absolute Gasteiger partial charge is 0.414 e. The number of nitrogens with zero attached hydrogens (tertiary/aromatic N) is 3. The fourth-order valence-electron chi connectivity index (χ4n) is 3.83. The van der Waals surface area contributed by atoms with Crippen LogP contribution in [0.2, 0.25) is 0 Å². The molecule has 0 aliphatic carbocycles. The monoisotopic (exact) mass is 530 g/mol. The zero-order chi connectivity index (χ0) is 26.9. The standard InChI is InChI=1S/C21H30F3N9O4/c22-16-7-14(32-12-15(37-21(32)36)10-28-20(35)19(23)24)1-2-17(16)31-4-3-30-33(6-5-31)18(34)11-27-8-13(25)9-29-26/h1-2,7,9,15,19,27,29-30H,3-6,8,10-12,25-26H2,(H,28,35)/p+1. The van der Waals surface area contributed by atoms with E-state index in [0.29, 0.717) is 44.1 Å². The second-order valence-electron chi connectivity index (χ2n) is 8.31. The van der Waals surface area contributed by atoms with Crippen molar-refractivity contribution in [3.05, 3.63) is 35.9 Å². The van der Waals surface area contributed by atoms with Crippen molar-refractivity contribution in [3.8, 4) is 0 Å². The van der Waals surface area contributed by atoms with Gasteiger partial charge in [-0.2, -0.15) is 8.78 Å². The van der Waals surface area contributed by atoms with Gasteiger partial charge in [-0.15, -0.1) is 0 Å². The number of nitrogens with one attached hydrogen (secondary N) is 4. The Kier molecular flexibility index (Phi) is 9.90. The SMILES string of the molecule is NNC=C([NH3+])CNCC(=O)N1CCN(c2ccc(N3CC(CNC(=O)C(F)F)OC3=O)cc2F)CCN1. The summed E-state index contributed by atoms with van der Waals surface area (Å²) in [6.45, 7) is 1.64. The molecule has 1 unspecified atom stereocenters. The van der Waals surface area contributed by atoms with Crippen LogP contribution in [-0.4, -0.2) is 87.8 Å². The maximum Gasteiger partial charge on any atom is 0.414 e. The highest BCUT2D eigenvalue weighted by molar-refractivity contribution is 5.90. The number of cyclic esters (lactones) is 1. The molecule has 0 radical (unpaired) electrons. The minimum atomic E-state index is -3.17. The van der Waals surface area contributed by atoms with E-state index in [4.69, 9.17) is 10.6 Å². The van der Waals surface area contributed by atoms with Crippen LogP contribution in [0.4, 0.5) is 29.3 Å². The van der Waals surface area contributed by atoms with E-state index in [2.05, 4.69) is 21.9 Å². The van der Waals surface area contributed by atoms with Gasteiger partial charge < -0.3 is 26.1 Å². The van der Waals surface area contributed by atoms with E-state index in [1.807, 2.05) is 5.32 Å². The molecule has 3 amide bonds. The molecular weight excluding hydrogens is 499 g/mol. The number of hydrogen-bond donors (Lipinski definition) is 6. The summed E-state index contributed by atoms with van der Waals surface area (Å²) in [4.78, 5) is 38.7. The van der Waals surface area contributed by atoms with Gasteiger partial charge in [0.05, 0.1) is 50.3 Å². The summed E-state index contributed by atoms with van der Waals surface area (Å²) in [6.07, 6.45) is -3.28. The van der Waals surface area contributed by atoms with Crippen molar-refractivity contribution in [3.63, 3.8) is 0 Å². The number of amides is 3. The first kappa shape index (κ1) is 28.0. The van der Waals surface area contributed by atoms with Gasteiger partial charge in [-0.25, -0.2) is 14.6 Å². The predicted octanol–water partition coefficient (Wildman–Crippen LogP) is -2.18. The Morgan fingerprint density at radius 1 is 1.27 bits per heavy atom. The van der Waals surface area contributed by atoms with E-state index in [0.717, 1.165) is 0 Å².